The summed E-state index contributed by atoms with van der Waals surface area (Å²) in [6.45, 7) is 0. The average molecular weight is 226 g/mol. The van der Waals surface area contributed by atoms with Crippen LogP contribution in [0.15, 0.2) is 47.0 Å². The number of benzene rings is 1. The summed E-state index contributed by atoms with van der Waals surface area (Å²) in [7, 11) is 1.63. The van der Waals surface area contributed by atoms with E-state index in [1.54, 1.807) is 13.3 Å². The molecule has 3 rings (SSSR count). The molecule has 0 bridgehead atoms. The van der Waals surface area contributed by atoms with Crippen LogP contribution in [-0.4, -0.2) is 17.1 Å². The van der Waals surface area contributed by atoms with Gasteiger partial charge in [-0.1, -0.05) is 6.07 Å². The maximum atomic E-state index is 5.62. The van der Waals surface area contributed by atoms with Gasteiger partial charge in [-0.25, -0.2) is 4.98 Å². The Morgan fingerprint density at radius 2 is 2.12 bits per heavy atom. The molecule has 3 aromatic rings. The van der Waals surface area contributed by atoms with Crippen molar-refractivity contribution in [3.05, 3.63) is 42.6 Å². The quantitative estimate of drug-likeness (QED) is 0.674. The topological polar surface area (TPSA) is 48.2 Å². The Balaban J connectivity index is 2.13. The maximum absolute atomic E-state index is 5.62. The number of aromatic nitrogens is 2. The van der Waals surface area contributed by atoms with Gasteiger partial charge in [0.05, 0.1) is 7.11 Å². The van der Waals surface area contributed by atoms with Crippen molar-refractivity contribution >= 4 is 11.2 Å². The lowest BCUT2D eigenvalue weighted by Crippen LogP contribution is -1.83. The molecule has 0 amide bonds. The van der Waals surface area contributed by atoms with Gasteiger partial charge in [0.15, 0.2) is 11.2 Å². The molecule has 4 heteroatoms. The predicted molar refractivity (Wildman–Crippen MR) is 63.8 cm³/mol. The van der Waals surface area contributed by atoms with E-state index in [0.29, 0.717) is 17.1 Å². The molecular weight excluding hydrogens is 216 g/mol. The molecule has 0 aliphatic rings. The van der Waals surface area contributed by atoms with Crippen LogP contribution in [0.4, 0.5) is 0 Å². The van der Waals surface area contributed by atoms with Gasteiger partial charge < -0.3 is 9.15 Å². The van der Waals surface area contributed by atoms with Crippen molar-refractivity contribution in [3.63, 3.8) is 0 Å². The molecular formula is C13H10N2O2. The van der Waals surface area contributed by atoms with Crippen LogP contribution in [0.25, 0.3) is 22.7 Å². The second kappa shape index (κ2) is 3.90. The zero-order valence-electron chi connectivity index (χ0n) is 9.25. The molecule has 0 fully saturated rings. The first-order chi connectivity index (χ1) is 8.36. The first kappa shape index (κ1) is 9.84. The third-order valence-electron chi connectivity index (χ3n) is 2.48. The zero-order valence-corrected chi connectivity index (χ0v) is 9.25. The van der Waals surface area contributed by atoms with E-state index in [9.17, 15) is 0 Å². The fraction of sp³-hybridized carbons (Fsp3) is 0.0769. The third kappa shape index (κ3) is 1.73. The largest absolute Gasteiger partial charge is 0.497 e. The lowest BCUT2D eigenvalue weighted by atomic mass is 10.2. The van der Waals surface area contributed by atoms with E-state index in [-0.39, 0.29) is 0 Å². The van der Waals surface area contributed by atoms with Gasteiger partial charge >= 0.3 is 0 Å². The normalized spacial score (nSPS) is 10.6. The Kier molecular flexibility index (Phi) is 2.26. The van der Waals surface area contributed by atoms with Gasteiger partial charge in [-0.3, -0.25) is 0 Å². The van der Waals surface area contributed by atoms with Crippen molar-refractivity contribution in [2.75, 3.05) is 7.11 Å². The number of methoxy groups -OCH3 is 1. The van der Waals surface area contributed by atoms with E-state index in [0.717, 1.165) is 11.3 Å². The van der Waals surface area contributed by atoms with E-state index in [1.165, 1.54) is 0 Å². The smallest absolute Gasteiger partial charge is 0.229 e. The van der Waals surface area contributed by atoms with Crippen LogP contribution < -0.4 is 4.74 Å². The second-order valence-corrected chi connectivity index (χ2v) is 3.58. The number of ether oxygens (including phenoxy) is 1. The number of hydrogen-bond donors (Lipinski definition) is 0. The van der Waals surface area contributed by atoms with Crippen LogP contribution in [0.1, 0.15) is 0 Å². The molecule has 0 radical (unpaired) electrons. The Labute approximate surface area is 97.9 Å². The van der Waals surface area contributed by atoms with Crippen molar-refractivity contribution in [2.24, 2.45) is 0 Å². The summed E-state index contributed by atoms with van der Waals surface area (Å²) in [6, 6.07) is 11.3. The number of fused-ring (bicyclic) bond motifs is 1. The Morgan fingerprint density at radius 3 is 2.94 bits per heavy atom. The fourth-order valence-corrected chi connectivity index (χ4v) is 1.65. The molecule has 84 valence electrons. The van der Waals surface area contributed by atoms with E-state index in [2.05, 4.69) is 9.97 Å². The summed E-state index contributed by atoms with van der Waals surface area (Å²) in [5.41, 5.74) is 2.18. The van der Waals surface area contributed by atoms with Gasteiger partial charge in [-0.05, 0) is 30.3 Å². The molecule has 0 spiro atoms. The van der Waals surface area contributed by atoms with E-state index in [4.69, 9.17) is 9.15 Å². The molecule has 17 heavy (non-hydrogen) atoms. The third-order valence-corrected chi connectivity index (χ3v) is 2.48. The van der Waals surface area contributed by atoms with Gasteiger partial charge in [0.25, 0.3) is 0 Å². The highest BCUT2D eigenvalue weighted by Crippen LogP contribution is 2.25. The maximum Gasteiger partial charge on any atom is 0.229 e. The average Bonchev–Trinajstić information content (AvgIpc) is 2.82. The Morgan fingerprint density at radius 1 is 1.18 bits per heavy atom. The number of nitrogens with zero attached hydrogens (tertiary/aromatic N) is 2. The Bertz CT molecular complexity index is 628. The minimum Gasteiger partial charge on any atom is -0.497 e. The minimum atomic E-state index is 0.553. The molecule has 0 saturated heterocycles. The Hall–Kier alpha value is -2.36. The van der Waals surface area contributed by atoms with Crippen molar-refractivity contribution in [1.29, 1.82) is 0 Å². The molecule has 0 aliphatic heterocycles. The summed E-state index contributed by atoms with van der Waals surface area (Å²) in [6.07, 6.45) is 1.69. The van der Waals surface area contributed by atoms with Crippen LogP contribution in [0.2, 0.25) is 0 Å². The van der Waals surface area contributed by atoms with E-state index >= 15 is 0 Å². The minimum absolute atomic E-state index is 0.553. The van der Waals surface area contributed by atoms with Crippen LogP contribution in [0, 0.1) is 0 Å². The summed E-state index contributed by atoms with van der Waals surface area (Å²) in [5, 5.41) is 0. The van der Waals surface area contributed by atoms with Gasteiger partial charge in [0, 0.05) is 11.8 Å². The second-order valence-electron chi connectivity index (χ2n) is 3.58. The van der Waals surface area contributed by atoms with Crippen molar-refractivity contribution in [2.45, 2.75) is 0 Å². The van der Waals surface area contributed by atoms with Gasteiger partial charge in [-0.2, -0.15) is 4.98 Å². The summed E-state index contributed by atoms with van der Waals surface area (Å²) in [4.78, 5) is 8.46. The standard InChI is InChI=1S/C13H10N2O2/c1-16-10-5-2-4-9(8-10)13-15-12-11(17-13)6-3-7-14-12/h2-8H,1H3. The fourth-order valence-electron chi connectivity index (χ4n) is 1.65. The molecule has 2 aromatic heterocycles. The van der Waals surface area contributed by atoms with Crippen molar-refractivity contribution in [1.82, 2.24) is 9.97 Å². The van der Waals surface area contributed by atoms with Crippen LogP contribution in [0.5, 0.6) is 5.75 Å². The number of hydrogen-bond acceptors (Lipinski definition) is 4. The van der Waals surface area contributed by atoms with Crippen LogP contribution >= 0.6 is 0 Å². The molecule has 0 N–H and O–H groups in total. The van der Waals surface area contributed by atoms with Crippen molar-refractivity contribution in [3.8, 4) is 17.2 Å². The van der Waals surface area contributed by atoms with E-state index in [1.807, 2.05) is 36.4 Å². The van der Waals surface area contributed by atoms with Crippen molar-refractivity contribution < 1.29 is 9.15 Å². The number of pyridine rings is 1. The first-order valence-electron chi connectivity index (χ1n) is 5.23. The predicted octanol–water partition coefficient (Wildman–Crippen LogP) is 2.90. The molecule has 0 aliphatic carbocycles. The van der Waals surface area contributed by atoms with Gasteiger partial charge in [0.2, 0.25) is 5.89 Å². The number of rotatable bonds is 2. The molecule has 0 unspecified atom stereocenters. The first-order valence-corrected chi connectivity index (χ1v) is 5.23. The summed E-state index contributed by atoms with van der Waals surface area (Å²) >= 11 is 0. The van der Waals surface area contributed by atoms with Gasteiger partial charge in [0.1, 0.15) is 5.75 Å². The van der Waals surface area contributed by atoms with E-state index < -0.39 is 0 Å². The lowest BCUT2D eigenvalue weighted by molar-refractivity contribution is 0.415. The SMILES string of the molecule is COc1cccc(-c2nc3ncccc3o2)c1. The highest BCUT2D eigenvalue weighted by atomic mass is 16.5. The lowest BCUT2D eigenvalue weighted by Gasteiger charge is -2.00. The molecule has 0 atom stereocenters. The molecule has 4 nitrogen and oxygen atoms in total. The number of oxazole rings is 1. The monoisotopic (exact) mass is 226 g/mol. The molecule has 0 saturated carbocycles. The molecule has 1 aromatic carbocycles. The summed E-state index contributed by atoms with van der Waals surface area (Å²) < 4.78 is 10.8. The van der Waals surface area contributed by atoms with Crippen LogP contribution in [-0.2, 0) is 0 Å². The zero-order chi connectivity index (χ0) is 11.7. The highest BCUT2D eigenvalue weighted by Gasteiger charge is 2.08. The highest BCUT2D eigenvalue weighted by molar-refractivity contribution is 5.72. The summed E-state index contributed by atoms with van der Waals surface area (Å²) in [5.74, 6) is 1.33. The van der Waals surface area contributed by atoms with Gasteiger partial charge in [-0.15, -0.1) is 0 Å². The molecule has 2 heterocycles. The van der Waals surface area contributed by atoms with Crippen LogP contribution in [0.3, 0.4) is 0 Å².